The minimum absolute atomic E-state index is 0.0854. The zero-order chi connectivity index (χ0) is 30.7. The summed E-state index contributed by atoms with van der Waals surface area (Å²) in [6.07, 6.45) is -5.32. The number of nitriles is 1. The Morgan fingerprint density at radius 1 is 1.18 bits per heavy atom. The van der Waals surface area contributed by atoms with Crippen LogP contribution in [0.3, 0.4) is 0 Å². The molecule has 40 heavy (non-hydrogen) atoms. The molecule has 0 bridgehead atoms. The van der Waals surface area contributed by atoms with Crippen molar-refractivity contribution in [2.75, 3.05) is 17.2 Å². The fourth-order valence-electron chi connectivity index (χ4n) is 2.93. The number of rotatable bonds is 7. The van der Waals surface area contributed by atoms with Crippen LogP contribution in [-0.2, 0) is 26.6 Å². The first-order valence-corrected chi connectivity index (χ1v) is 13.6. The quantitative estimate of drug-likeness (QED) is 0.394. The van der Waals surface area contributed by atoms with Gasteiger partial charge >= 0.3 is 12.7 Å². The van der Waals surface area contributed by atoms with Crippen molar-refractivity contribution in [3.63, 3.8) is 0 Å². The fourth-order valence-corrected chi connectivity index (χ4v) is 4.97. The molecule has 222 valence electrons. The Morgan fingerprint density at radius 3 is 2.25 bits per heavy atom. The lowest BCUT2D eigenvalue weighted by molar-refractivity contribution is -0.142. The number of aromatic nitrogens is 5. The molecule has 12 nitrogen and oxygen atoms in total. The van der Waals surface area contributed by atoms with Crippen molar-refractivity contribution in [2.24, 2.45) is 5.16 Å². The second kappa shape index (κ2) is 12.2. The van der Waals surface area contributed by atoms with Crippen LogP contribution in [0.5, 0.6) is 0 Å². The van der Waals surface area contributed by atoms with Gasteiger partial charge in [-0.25, -0.2) is 8.42 Å². The van der Waals surface area contributed by atoms with Crippen LogP contribution in [0.1, 0.15) is 58.8 Å². The van der Waals surface area contributed by atoms with E-state index < -0.39 is 60.9 Å². The van der Waals surface area contributed by atoms with Crippen molar-refractivity contribution in [1.29, 1.82) is 5.26 Å². The summed E-state index contributed by atoms with van der Waals surface area (Å²) in [6, 6.07) is 2.09. The highest BCUT2D eigenvalue weighted by molar-refractivity contribution is 8.05. The fraction of sp³-hybridized carbons (Fsp3) is 0.600. The average molecular weight is 636 g/mol. The molecule has 0 saturated carbocycles. The molecule has 1 aliphatic heterocycles. The summed E-state index contributed by atoms with van der Waals surface area (Å²) >= 11 is 11.2. The largest absolute Gasteiger partial charge is 0.435 e. The topological polar surface area (TPSA) is 160 Å². The lowest BCUT2D eigenvalue weighted by Crippen LogP contribution is -2.29. The van der Waals surface area contributed by atoms with Crippen LogP contribution in [0.25, 0.3) is 0 Å². The summed E-state index contributed by atoms with van der Waals surface area (Å²) in [5.41, 5.74) is -4.53. The molecule has 0 aromatic carbocycles. The number of anilines is 2. The molecule has 0 aliphatic carbocycles. The molecule has 3 rings (SSSR count). The Kier molecular flexibility index (Phi) is 10.1. The highest BCUT2D eigenvalue weighted by Gasteiger charge is 2.43. The summed E-state index contributed by atoms with van der Waals surface area (Å²) in [7, 11) is -4.36. The van der Waals surface area contributed by atoms with E-state index in [9.17, 15) is 30.4 Å². The minimum Gasteiger partial charge on any atom is -0.389 e. The summed E-state index contributed by atoms with van der Waals surface area (Å²) < 4.78 is 88.4. The van der Waals surface area contributed by atoms with Gasteiger partial charge in [0.05, 0.1) is 11.8 Å². The second-order valence-electron chi connectivity index (χ2n) is 9.25. The molecule has 0 spiro atoms. The zero-order valence-corrected chi connectivity index (χ0v) is 23.9. The van der Waals surface area contributed by atoms with Crippen LogP contribution in [0.2, 0.25) is 10.4 Å². The van der Waals surface area contributed by atoms with E-state index in [1.165, 1.54) is 13.8 Å². The smallest absolute Gasteiger partial charge is 0.389 e. The lowest BCUT2D eigenvalue weighted by atomic mass is 10.1. The Labute approximate surface area is 235 Å². The highest BCUT2D eigenvalue weighted by atomic mass is 35.5. The number of nitrogens with one attached hydrogen (secondary N) is 2. The van der Waals surface area contributed by atoms with Gasteiger partial charge in [-0.2, -0.15) is 51.9 Å². The van der Waals surface area contributed by atoms with E-state index in [1.54, 1.807) is 13.8 Å². The molecule has 0 atom stereocenters. The van der Waals surface area contributed by atoms with Gasteiger partial charge in [-0.3, -0.25) is 0 Å². The molecule has 1 aliphatic rings. The van der Waals surface area contributed by atoms with Gasteiger partial charge in [0, 0.05) is 18.5 Å². The van der Waals surface area contributed by atoms with Gasteiger partial charge in [0.2, 0.25) is 17.2 Å². The number of nitrogens with zero attached hydrogens (tertiary/aromatic N) is 7. The number of alkyl halides is 5. The third-order valence-corrected chi connectivity index (χ3v) is 6.88. The van der Waals surface area contributed by atoms with Crippen LogP contribution in [0.4, 0.5) is 33.8 Å². The molecule has 3 heterocycles. The van der Waals surface area contributed by atoms with E-state index in [4.69, 9.17) is 33.3 Å². The van der Waals surface area contributed by atoms with Gasteiger partial charge in [-0.05, 0) is 46.2 Å². The summed E-state index contributed by atoms with van der Waals surface area (Å²) in [6.45, 7) is 5.64. The van der Waals surface area contributed by atoms with Crippen LogP contribution < -0.4 is 10.6 Å². The molecule has 20 heteroatoms. The van der Waals surface area contributed by atoms with E-state index in [2.05, 4.69) is 41.9 Å². The third kappa shape index (κ3) is 8.73. The molecule has 2 aromatic rings. The normalized spacial score (nSPS) is 15.1. The number of oxime groups is 1. The Bertz CT molecular complexity index is 1410. The van der Waals surface area contributed by atoms with Crippen LogP contribution >= 0.6 is 23.2 Å². The van der Waals surface area contributed by atoms with Gasteiger partial charge in [-0.15, -0.1) is 0 Å². The van der Waals surface area contributed by atoms with Crippen molar-refractivity contribution in [3.8, 4) is 6.07 Å². The molecule has 0 saturated heterocycles. The molecular formula is C20H24Cl2F5N9O3S. The molecule has 2 aromatic heterocycles. The van der Waals surface area contributed by atoms with Gasteiger partial charge in [0.15, 0.2) is 20.6 Å². The predicted molar refractivity (Wildman–Crippen MR) is 136 cm³/mol. The van der Waals surface area contributed by atoms with E-state index in [0.717, 1.165) is 0 Å². The van der Waals surface area contributed by atoms with Crippen LogP contribution in [0.15, 0.2) is 5.16 Å². The number of hydrogen-bond donors (Lipinski definition) is 2. The third-order valence-electron chi connectivity index (χ3n) is 4.71. The molecule has 2 N–H and O–H groups in total. The van der Waals surface area contributed by atoms with Crippen molar-refractivity contribution >= 4 is 50.0 Å². The summed E-state index contributed by atoms with van der Waals surface area (Å²) in [4.78, 5) is 16.7. The second-order valence-corrected chi connectivity index (χ2v) is 11.9. The van der Waals surface area contributed by atoms with Crippen molar-refractivity contribution in [2.45, 2.75) is 70.7 Å². The van der Waals surface area contributed by atoms with Crippen molar-refractivity contribution < 1.29 is 35.2 Å². The van der Waals surface area contributed by atoms with Crippen molar-refractivity contribution in [1.82, 2.24) is 24.7 Å². The van der Waals surface area contributed by atoms with E-state index in [1.807, 2.05) is 6.92 Å². The standard InChI is InChI=1S/C11H11ClF5N3O3S.C9H13ClN6/c1-10(2)3-6(19-23-10)24(21,22)4-5-7(11(15,16)17)18-20(8(5)12)9(13)14;1-4-12-7-13-6(10)14-8(15-7)16-9(2,3)5-11/h9H,3-4H2,1-2H3;4H2,1-3H3,(H2,12,13,14,15,16). The van der Waals surface area contributed by atoms with E-state index in [0.29, 0.717) is 12.5 Å². The first kappa shape index (κ1) is 33.2. The predicted octanol–water partition coefficient (Wildman–Crippen LogP) is 5.05. The number of hydrogen-bond acceptors (Lipinski definition) is 11. The average Bonchev–Trinajstić information content (AvgIpc) is 3.33. The van der Waals surface area contributed by atoms with Crippen molar-refractivity contribution in [3.05, 3.63) is 21.7 Å². The Morgan fingerprint density at radius 2 is 1.77 bits per heavy atom. The first-order valence-electron chi connectivity index (χ1n) is 11.2. The highest BCUT2D eigenvalue weighted by Crippen LogP contribution is 2.38. The van der Waals surface area contributed by atoms with Crippen LogP contribution in [0, 0.1) is 11.3 Å². The Hall–Kier alpha value is -3.04. The number of halogens is 7. The minimum atomic E-state index is -5.15. The molecule has 0 fully saturated rings. The number of sulfone groups is 1. The van der Waals surface area contributed by atoms with E-state index >= 15 is 0 Å². The first-order chi connectivity index (χ1) is 18.2. The molecular weight excluding hydrogens is 612 g/mol. The maximum Gasteiger partial charge on any atom is 0.435 e. The SMILES string of the molecule is CC1(C)CC(S(=O)(=O)Cc2c(C(F)(F)F)nn(C(F)F)c2Cl)=NO1.CCNc1nc(Cl)nc(NC(C)(C)C#N)n1. The molecule has 0 radical (unpaired) electrons. The van der Waals surface area contributed by atoms with Gasteiger partial charge in [-0.1, -0.05) is 16.8 Å². The summed E-state index contributed by atoms with van der Waals surface area (Å²) in [5.74, 6) is -0.604. The molecule has 0 amide bonds. The molecule has 0 unspecified atom stereocenters. The van der Waals surface area contributed by atoms with Gasteiger partial charge in [0.1, 0.15) is 16.3 Å². The van der Waals surface area contributed by atoms with Crippen LogP contribution in [-0.4, -0.2) is 55.9 Å². The Balaban J connectivity index is 0.000000305. The monoisotopic (exact) mass is 635 g/mol. The zero-order valence-electron chi connectivity index (χ0n) is 21.6. The maximum absolute atomic E-state index is 13.0. The lowest BCUT2D eigenvalue weighted by Gasteiger charge is -2.17. The van der Waals surface area contributed by atoms with E-state index in [-0.39, 0.29) is 22.3 Å². The van der Waals surface area contributed by atoms with Gasteiger partial charge < -0.3 is 15.5 Å². The van der Waals surface area contributed by atoms with Gasteiger partial charge in [0.25, 0.3) is 0 Å². The maximum atomic E-state index is 13.0. The summed E-state index contributed by atoms with van der Waals surface area (Å²) in [5, 5.41) is 19.2.